The van der Waals surface area contributed by atoms with Crippen LogP contribution in [0.3, 0.4) is 0 Å². The van der Waals surface area contributed by atoms with E-state index < -0.39 is 0 Å². The maximum Gasteiger partial charge on any atom is 0.180 e. The van der Waals surface area contributed by atoms with Crippen molar-refractivity contribution in [3.05, 3.63) is 24.5 Å². The normalized spacial score (nSPS) is 16.4. The number of hydrogen-bond acceptors (Lipinski definition) is 4. The van der Waals surface area contributed by atoms with E-state index in [1.165, 1.54) is 32.1 Å². The molecule has 1 aliphatic rings. The van der Waals surface area contributed by atoms with Crippen LogP contribution in [0, 0.1) is 0 Å². The zero-order valence-corrected chi connectivity index (χ0v) is 12.3. The highest BCUT2D eigenvalue weighted by molar-refractivity contribution is 6.18. The maximum absolute atomic E-state index is 5.99. The van der Waals surface area contributed by atoms with Crippen LogP contribution in [0.15, 0.2) is 24.5 Å². The molecular weight excluding hydrogens is 272 g/mol. The predicted octanol–water partition coefficient (Wildman–Crippen LogP) is 3.40. The SMILES string of the molecule is ClCCN(c1ccc2nccnc2n1)C1CCCCC1. The molecule has 5 heteroatoms. The molecule has 0 amide bonds. The summed E-state index contributed by atoms with van der Waals surface area (Å²) in [5.74, 6) is 1.60. The number of anilines is 1. The lowest BCUT2D eigenvalue weighted by Crippen LogP contribution is -2.38. The molecule has 0 bridgehead atoms. The Labute approximate surface area is 124 Å². The van der Waals surface area contributed by atoms with Gasteiger partial charge in [0.15, 0.2) is 5.65 Å². The molecule has 0 aliphatic heterocycles. The first-order valence-corrected chi connectivity index (χ1v) is 7.82. The lowest BCUT2D eigenvalue weighted by Gasteiger charge is -2.34. The molecule has 1 saturated carbocycles. The van der Waals surface area contributed by atoms with Crippen LogP contribution >= 0.6 is 11.6 Å². The monoisotopic (exact) mass is 290 g/mol. The zero-order valence-electron chi connectivity index (χ0n) is 11.5. The van der Waals surface area contributed by atoms with Crippen LogP contribution in [0.25, 0.3) is 11.2 Å². The summed E-state index contributed by atoms with van der Waals surface area (Å²) >= 11 is 5.99. The topological polar surface area (TPSA) is 41.9 Å². The van der Waals surface area contributed by atoms with E-state index >= 15 is 0 Å². The first kappa shape index (κ1) is 13.6. The summed E-state index contributed by atoms with van der Waals surface area (Å²) in [4.78, 5) is 15.6. The van der Waals surface area contributed by atoms with Gasteiger partial charge in [-0.1, -0.05) is 19.3 Å². The number of aromatic nitrogens is 3. The summed E-state index contributed by atoms with van der Waals surface area (Å²) in [6, 6.07) is 4.59. The van der Waals surface area contributed by atoms with Crippen molar-refractivity contribution in [1.82, 2.24) is 15.0 Å². The van der Waals surface area contributed by atoms with Gasteiger partial charge < -0.3 is 4.90 Å². The minimum absolute atomic E-state index is 0.559. The Balaban J connectivity index is 1.91. The average Bonchev–Trinajstić information content (AvgIpc) is 2.53. The summed E-state index contributed by atoms with van der Waals surface area (Å²) in [7, 11) is 0. The van der Waals surface area contributed by atoms with Crippen molar-refractivity contribution in [1.29, 1.82) is 0 Å². The van der Waals surface area contributed by atoms with Crippen molar-refractivity contribution in [3.63, 3.8) is 0 Å². The van der Waals surface area contributed by atoms with E-state index in [0.29, 0.717) is 17.6 Å². The molecule has 2 aromatic heterocycles. The van der Waals surface area contributed by atoms with Gasteiger partial charge in [0, 0.05) is 30.9 Å². The molecule has 0 N–H and O–H groups in total. The number of nitrogens with zero attached hydrogens (tertiary/aromatic N) is 4. The van der Waals surface area contributed by atoms with Crippen LogP contribution in [0.2, 0.25) is 0 Å². The molecule has 2 aromatic rings. The summed E-state index contributed by atoms with van der Waals surface area (Å²) in [6.45, 7) is 0.838. The number of hydrogen-bond donors (Lipinski definition) is 0. The third-order valence-electron chi connectivity index (χ3n) is 3.95. The minimum atomic E-state index is 0.559. The molecule has 1 fully saturated rings. The number of halogens is 1. The number of pyridine rings is 1. The highest BCUT2D eigenvalue weighted by Gasteiger charge is 2.22. The Morgan fingerprint density at radius 3 is 2.70 bits per heavy atom. The first-order chi connectivity index (χ1) is 9.88. The zero-order chi connectivity index (χ0) is 13.8. The molecule has 3 rings (SSSR count). The fraction of sp³-hybridized carbons (Fsp3) is 0.533. The van der Waals surface area contributed by atoms with Crippen LogP contribution in [-0.2, 0) is 0 Å². The number of alkyl halides is 1. The molecule has 0 spiro atoms. The highest BCUT2D eigenvalue weighted by Crippen LogP contribution is 2.26. The van der Waals surface area contributed by atoms with E-state index in [9.17, 15) is 0 Å². The van der Waals surface area contributed by atoms with E-state index in [1.54, 1.807) is 12.4 Å². The van der Waals surface area contributed by atoms with Crippen molar-refractivity contribution >= 4 is 28.6 Å². The van der Waals surface area contributed by atoms with Gasteiger partial charge in [-0.3, -0.25) is 4.98 Å². The third kappa shape index (κ3) is 2.85. The lowest BCUT2D eigenvalue weighted by atomic mass is 9.94. The standard InChI is InChI=1S/C15H19ClN4/c16-8-11-20(12-4-2-1-3-5-12)14-7-6-13-15(19-14)18-10-9-17-13/h6-7,9-10,12H,1-5,8,11H2. The van der Waals surface area contributed by atoms with E-state index in [-0.39, 0.29) is 0 Å². The molecule has 20 heavy (non-hydrogen) atoms. The van der Waals surface area contributed by atoms with Gasteiger partial charge in [0.25, 0.3) is 0 Å². The smallest absolute Gasteiger partial charge is 0.180 e. The molecule has 106 valence electrons. The van der Waals surface area contributed by atoms with Gasteiger partial charge in [-0.15, -0.1) is 11.6 Å². The molecule has 4 nitrogen and oxygen atoms in total. The third-order valence-corrected chi connectivity index (χ3v) is 4.12. The average molecular weight is 291 g/mol. The molecule has 0 saturated heterocycles. The van der Waals surface area contributed by atoms with Crippen LogP contribution in [-0.4, -0.2) is 33.4 Å². The molecule has 0 radical (unpaired) electrons. The van der Waals surface area contributed by atoms with Crippen LogP contribution in [0.4, 0.5) is 5.82 Å². The quantitative estimate of drug-likeness (QED) is 0.809. The number of rotatable bonds is 4. The van der Waals surface area contributed by atoms with Crippen molar-refractivity contribution in [2.75, 3.05) is 17.3 Å². The van der Waals surface area contributed by atoms with E-state index in [4.69, 9.17) is 11.6 Å². The minimum Gasteiger partial charge on any atom is -0.352 e. The second-order valence-corrected chi connectivity index (χ2v) is 5.62. The van der Waals surface area contributed by atoms with Gasteiger partial charge in [-0.05, 0) is 25.0 Å². The van der Waals surface area contributed by atoms with Gasteiger partial charge in [-0.2, -0.15) is 0 Å². The summed E-state index contributed by atoms with van der Waals surface area (Å²) in [5, 5.41) is 0. The second kappa shape index (κ2) is 6.35. The van der Waals surface area contributed by atoms with Gasteiger partial charge in [0.2, 0.25) is 0 Å². The van der Waals surface area contributed by atoms with Crippen molar-refractivity contribution in [2.45, 2.75) is 38.1 Å². The summed E-state index contributed by atoms with van der Waals surface area (Å²) < 4.78 is 0. The van der Waals surface area contributed by atoms with Gasteiger partial charge >= 0.3 is 0 Å². The van der Waals surface area contributed by atoms with Crippen molar-refractivity contribution < 1.29 is 0 Å². The second-order valence-electron chi connectivity index (χ2n) is 5.24. The fourth-order valence-corrected chi connectivity index (χ4v) is 3.15. The molecular formula is C15H19ClN4. The Bertz CT molecular complexity index is 569. The highest BCUT2D eigenvalue weighted by atomic mass is 35.5. The maximum atomic E-state index is 5.99. The van der Waals surface area contributed by atoms with Crippen molar-refractivity contribution in [2.24, 2.45) is 0 Å². The molecule has 2 heterocycles. The van der Waals surface area contributed by atoms with Crippen LogP contribution in [0.5, 0.6) is 0 Å². The summed E-state index contributed by atoms with van der Waals surface area (Å²) in [5.41, 5.74) is 1.55. The van der Waals surface area contributed by atoms with Crippen molar-refractivity contribution in [3.8, 4) is 0 Å². The molecule has 0 aromatic carbocycles. The Morgan fingerprint density at radius 2 is 1.90 bits per heavy atom. The molecule has 0 atom stereocenters. The van der Waals surface area contributed by atoms with E-state index in [1.807, 2.05) is 12.1 Å². The predicted molar refractivity (Wildman–Crippen MR) is 82.3 cm³/mol. The van der Waals surface area contributed by atoms with E-state index in [0.717, 1.165) is 17.9 Å². The van der Waals surface area contributed by atoms with Gasteiger partial charge in [-0.25, -0.2) is 9.97 Å². The largest absolute Gasteiger partial charge is 0.352 e. The van der Waals surface area contributed by atoms with Gasteiger partial charge in [0.1, 0.15) is 11.3 Å². The first-order valence-electron chi connectivity index (χ1n) is 7.29. The molecule has 1 aliphatic carbocycles. The fourth-order valence-electron chi connectivity index (χ4n) is 2.97. The Morgan fingerprint density at radius 1 is 1.10 bits per heavy atom. The Hall–Kier alpha value is -1.42. The summed E-state index contributed by atoms with van der Waals surface area (Å²) in [6.07, 6.45) is 9.80. The van der Waals surface area contributed by atoms with E-state index in [2.05, 4.69) is 19.9 Å². The molecule has 0 unspecified atom stereocenters. The lowest BCUT2D eigenvalue weighted by molar-refractivity contribution is 0.417. The van der Waals surface area contributed by atoms with Crippen LogP contribution in [0.1, 0.15) is 32.1 Å². The van der Waals surface area contributed by atoms with Gasteiger partial charge in [0.05, 0.1) is 0 Å². The number of fused-ring (bicyclic) bond motifs is 1. The van der Waals surface area contributed by atoms with Crippen LogP contribution < -0.4 is 4.90 Å². The Kier molecular flexibility index (Phi) is 4.31.